The summed E-state index contributed by atoms with van der Waals surface area (Å²) in [6.45, 7) is 3.39. The third kappa shape index (κ3) is 4.24. The first-order valence-corrected chi connectivity index (χ1v) is 11.2. The zero-order valence-electron chi connectivity index (χ0n) is 18.1. The maximum Gasteiger partial charge on any atom is 0.262 e. The van der Waals surface area contributed by atoms with Gasteiger partial charge in [0.2, 0.25) is 0 Å². The number of aliphatic hydroxyl groups excluding tert-OH is 1. The topological polar surface area (TPSA) is 68.7 Å². The molecule has 2 aliphatic heterocycles. The number of anilines is 2. The molecule has 3 aromatic rings. The molecule has 2 aliphatic rings. The number of hydrogen-bond acceptors (Lipinski definition) is 5. The van der Waals surface area contributed by atoms with Gasteiger partial charge in [0.15, 0.2) is 0 Å². The second-order valence-corrected chi connectivity index (χ2v) is 8.52. The lowest BCUT2D eigenvalue weighted by atomic mass is 10.00. The number of amides is 1. The molecule has 0 radical (unpaired) electrons. The van der Waals surface area contributed by atoms with Crippen LogP contribution in [0.2, 0.25) is 0 Å². The Kier molecular flexibility index (Phi) is 5.88. The minimum Gasteiger partial charge on any atom is -0.390 e. The van der Waals surface area contributed by atoms with Crippen molar-refractivity contribution in [1.82, 2.24) is 9.88 Å². The summed E-state index contributed by atoms with van der Waals surface area (Å²) < 4.78 is 0. The van der Waals surface area contributed by atoms with Crippen molar-refractivity contribution in [2.75, 3.05) is 36.4 Å². The number of aromatic nitrogens is 1. The van der Waals surface area contributed by atoms with Crippen LogP contribution in [0.1, 0.15) is 27.0 Å². The van der Waals surface area contributed by atoms with E-state index >= 15 is 0 Å². The van der Waals surface area contributed by atoms with E-state index in [1.54, 1.807) is 18.3 Å². The first-order chi connectivity index (χ1) is 15.7. The van der Waals surface area contributed by atoms with Crippen molar-refractivity contribution < 1.29 is 9.90 Å². The van der Waals surface area contributed by atoms with Crippen molar-refractivity contribution in [3.05, 3.63) is 89.1 Å². The van der Waals surface area contributed by atoms with E-state index in [1.165, 1.54) is 16.7 Å². The zero-order chi connectivity index (χ0) is 21.9. The van der Waals surface area contributed by atoms with Gasteiger partial charge in [-0.3, -0.25) is 9.69 Å². The molecule has 164 valence electrons. The Hall–Kier alpha value is -3.22. The Morgan fingerprint density at radius 2 is 1.72 bits per heavy atom. The molecule has 0 aliphatic carbocycles. The SMILES string of the molecule is O=C(c1cccnc1NCC(O)CN1CCc2ccccc2C1)N1CCc2ccccc21. The van der Waals surface area contributed by atoms with Gasteiger partial charge >= 0.3 is 0 Å². The normalized spacial score (nSPS) is 16.3. The number of fused-ring (bicyclic) bond motifs is 2. The number of para-hydroxylation sites is 1. The molecule has 32 heavy (non-hydrogen) atoms. The summed E-state index contributed by atoms with van der Waals surface area (Å²) in [5.41, 5.74) is 5.43. The van der Waals surface area contributed by atoms with E-state index in [0.29, 0.717) is 31.0 Å². The molecular formula is C26H28N4O2. The lowest BCUT2D eigenvalue weighted by Gasteiger charge is -2.30. The van der Waals surface area contributed by atoms with Crippen molar-refractivity contribution >= 4 is 17.4 Å². The highest BCUT2D eigenvalue weighted by Crippen LogP contribution is 2.30. The number of nitrogens with zero attached hydrogens (tertiary/aromatic N) is 3. The number of benzene rings is 2. The minimum absolute atomic E-state index is 0.0623. The third-order valence-electron chi connectivity index (χ3n) is 6.35. The molecule has 0 spiro atoms. The predicted octanol–water partition coefficient (Wildman–Crippen LogP) is 3.12. The number of carbonyl (C=O) groups excluding carboxylic acids is 1. The quantitative estimate of drug-likeness (QED) is 0.632. The number of aliphatic hydroxyl groups is 1. The van der Waals surface area contributed by atoms with E-state index in [9.17, 15) is 9.90 Å². The van der Waals surface area contributed by atoms with Crippen LogP contribution in [-0.4, -0.2) is 53.2 Å². The third-order valence-corrected chi connectivity index (χ3v) is 6.35. The van der Waals surface area contributed by atoms with Crippen molar-refractivity contribution in [3.8, 4) is 0 Å². The molecule has 5 rings (SSSR count). The smallest absolute Gasteiger partial charge is 0.262 e. The van der Waals surface area contributed by atoms with E-state index in [-0.39, 0.29) is 5.91 Å². The Morgan fingerprint density at radius 1 is 0.969 bits per heavy atom. The second-order valence-electron chi connectivity index (χ2n) is 8.52. The molecule has 1 atom stereocenters. The van der Waals surface area contributed by atoms with E-state index in [1.807, 2.05) is 23.1 Å². The zero-order valence-corrected chi connectivity index (χ0v) is 18.1. The summed E-state index contributed by atoms with van der Waals surface area (Å²) in [5.74, 6) is 0.456. The second kappa shape index (κ2) is 9.10. The summed E-state index contributed by atoms with van der Waals surface area (Å²) in [7, 11) is 0. The number of pyridine rings is 1. The van der Waals surface area contributed by atoms with E-state index < -0.39 is 6.10 Å². The Labute approximate surface area is 188 Å². The van der Waals surface area contributed by atoms with Crippen LogP contribution >= 0.6 is 0 Å². The van der Waals surface area contributed by atoms with Crippen LogP contribution in [0.3, 0.4) is 0 Å². The first kappa shape index (κ1) is 20.7. The Balaban J connectivity index is 1.22. The van der Waals surface area contributed by atoms with E-state index in [2.05, 4.69) is 45.5 Å². The summed E-state index contributed by atoms with van der Waals surface area (Å²) >= 11 is 0. The van der Waals surface area contributed by atoms with Gasteiger partial charge in [0.05, 0.1) is 11.7 Å². The molecule has 3 heterocycles. The minimum atomic E-state index is -0.558. The Bertz CT molecular complexity index is 1120. The van der Waals surface area contributed by atoms with Gasteiger partial charge < -0.3 is 15.3 Å². The van der Waals surface area contributed by atoms with Crippen molar-refractivity contribution in [2.45, 2.75) is 25.5 Å². The average molecular weight is 429 g/mol. The summed E-state index contributed by atoms with van der Waals surface area (Å²) in [6.07, 6.45) is 2.98. The molecule has 1 unspecified atom stereocenters. The molecule has 1 aromatic heterocycles. The molecular weight excluding hydrogens is 400 g/mol. The van der Waals surface area contributed by atoms with Gasteiger partial charge in [-0.25, -0.2) is 4.98 Å². The summed E-state index contributed by atoms with van der Waals surface area (Å²) in [4.78, 5) is 21.8. The van der Waals surface area contributed by atoms with Crippen LogP contribution < -0.4 is 10.2 Å². The van der Waals surface area contributed by atoms with Gasteiger partial charge in [0, 0.05) is 44.6 Å². The maximum absolute atomic E-state index is 13.3. The standard InChI is InChI=1S/C26H28N4O2/c31-22(18-29-14-11-19-6-1-2-8-21(19)17-29)16-28-25-23(9-5-13-27-25)26(32)30-15-12-20-7-3-4-10-24(20)30/h1-10,13,22,31H,11-12,14-18H2,(H,27,28). The van der Waals surface area contributed by atoms with Gasteiger partial charge in [-0.2, -0.15) is 0 Å². The van der Waals surface area contributed by atoms with Crippen LogP contribution in [0.4, 0.5) is 11.5 Å². The van der Waals surface area contributed by atoms with Crippen LogP contribution in [0.25, 0.3) is 0 Å². The van der Waals surface area contributed by atoms with Gasteiger partial charge in [-0.1, -0.05) is 42.5 Å². The van der Waals surface area contributed by atoms with Crippen LogP contribution in [0, 0.1) is 0 Å². The maximum atomic E-state index is 13.3. The number of rotatable bonds is 6. The van der Waals surface area contributed by atoms with Gasteiger partial charge in [0.1, 0.15) is 5.82 Å². The number of hydrogen-bond donors (Lipinski definition) is 2. The molecule has 0 saturated carbocycles. The fraction of sp³-hybridized carbons (Fsp3) is 0.308. The molecule has 2 aromatic carbocycles. The van der Waals surface area contributed by atoms with Crippen molar-refractivity contribution in [1.29, 1.82) is 0 Å². The first-order valence-electron chi connectivity index (χ1n) is 11.2. The number of nitrogens with one attached hydrogen (secondary N) is 1. The van der Waals surface area contributed by atoms with Gasteiger partial charge in [-0.05, 0) is 47.7 Å². The summed E-state index contributed by atoms with van der Waals surface area (Å²) in [6, 6.07) is 20.1. The van der Waals surface area contributed by atoms with Gasteiger partial charge in [-0.15, -0.1) is 0 Å². The highest BCUT2D eigenvalue weighted by molar-refractivity contribution is 6.10. The average Bonchev–Trinajstić information content (AvgIpc) is 3.27. The van der Waals surface area contributed by atoms with E-state index in [4.69, 9.17) is 0 Å². The monoisotopic (exact) mass is 428 g/mol. The molecule has 6 nitrogen and oxygen atoms in total. The Morgan fingerprint density at radius 3 is 2.59 bits per heavy atom. The fourth-order valence-electron chi connectivity index (χ4n) is 4.70. The molecule has 0 saturated heterocycles. The van der Waals surface area contributed by atoms with Crippen molar-refractivity contribution in [3.63, 3.8) is 0 Å². The molecule has 2 N–H and O–H groups in total. The highest BCUT2D eigenvalue weighted by atomic mass is 16.3. The summed E-state index contributed by atoms with van der Waals surface area (Å²) in [5, 5.41) is 13.9. The molecule has 6 heteroatoms. The van der Waals surface area contributed by atoms with E-state index in [0.717, 1.165) is 31.6 Å². The largest absolute Gasteiger partial charge is 0.390 e. The van der Waals surface area contributed by atoms with Crippen LogP contribution in [0.15, 0.2) is 66.9 Å². The number of carbonyl (C=O) groups is 1. The number of β-amino-alcohol motifs (C(OH)–C–C–N with tert-alkyl or cyclic N) is 1. The van der Waals surface area contributed by atoms with Crippen LogP contribution in [-0.2, 0) is 19.4 Å². The molecule has 0 bridgehead atoms. The lowest BCUT2D eigenvalue weighted by Crippen LogP contribution is -2.39. The molecule has 0 fully saturated rings. The van der Waals surface area contributed by atoms with Crippen molar-refractivity contribution in [2.24, 2.45) is 0 Å². The van der Waals surface area contributed by atoms with Gasteiger partial charge in [0.25, 0.3) is 5.91 Å². The highest BCUT2D eigenvalue weighted by Gasteiger charge is 2.27. The fourth-order valence-corrected chi connectivity index (χ4v) is 4.70. The predicted molar refractivity (Wildman–Crippen MR) is 126 cm³/mol. The van der Waals surface area contributed by atoms with Crippen LogP contribution in [0.5, 0.6) is 0 Å². The lowest BCUT2D eigenvalue weighted by molar-refractivity contribution is 0.0988. The molecule has 1 amide bonds.